The van der Waals surface area contributed by atoms with E-state index in [1.54, 1.807) is 29.5 Å². The van der Waals surface area contributed by atoms with Crippen LogP contribution in [-0.2, 0) is 0 Å². The second kappa shape index (κ2) is 9.68. The Morgan fingerprint density at radius 2 is 0.905 bits per heavy atom. The molecule has 0 aliphatic rings. The van der Waals surface area contributed by atoms with Crippen LogP contribution in [0.15, 0.2) is 121 Å². The molecule has 0 atom stereocenters. The maximum Gasteiger partial charge on any atom is 0.0998 e. The fourth-order valence-electron chi connectivity index (χ4n) is 5.97. The fraction of sp³-hybridized carbons (Fsp3) is 0. The number of nitriles is 2. The Kier molecular flexibility index (Phi) is 5.66. The number of hydrogen-bond acceptors (Lipinski definition) is 4. The molecule has 194 valence electrons. The first-order chi connectivity index (χ1) is 20.7. The Morgan fingerprint density at radius 1 is 0.381 bits per heavy atom. The molecule has 2 nitrogen and oxygen atoms in total. The molecule has 4 heteroatoms. The largest absolute Gasteiger partial charge is 0.192 e. The first kappa shape index (κ1) is 24.5. The number of thiophene rings is 2. The lowest BCUT2D eigenvalue weighted by molar-refractivity contribution is 1.44. The highest BCUT2D eigenvalue weighted by molar-refractivity contribution is 7.26. The molecule has 0 unspecified atom stereocenters. The SMILES string of the molecule is N#Cc1cccc(C#N)c1-c1cc(-c2ccc3c(c2)sc2ccccc23)cc(-c2ccc3sc4ccccc4c3c2)c1. The van der Waals surface area contributed by atoms with Crippen LogP contribution in [-0.4, -0.2) is 0 Å². The Hall–Kier alpha value is -5.26. The molecule has 0 saturated heterocycles. The van der Waals surface area contributed by atoms with Crippen LogP contribution in [0.1, 0.15) is 11.1 Å². The maximum absolute atomic E-state index is 10.00. The van der Waals surface area contributed by atoms with Crippen LogP contribution in [0.4, 0.5) is 0 Å². The zero-order valence-corrected chi connectivity index (χ0v) is 23.9. The van der Waals surface area contributed by atoms with E-state index < -0.39 is 0 Å². The predicted molar refractivity (Wildman–Crippen MR) is 178 cm³/mol. The lowest BCUT2D eigenvalue weighted by Crippen LogP contribution is -1.92. The van der Waals surface area contributed by atoms with E-state index >= 15 is 0 Å². The molecule has 0 N–H and O–H groups in total. The molecule has 42 heavy (non-hydrogen) atoms. The van der Waals surface area contributed by atoms with Crippen LogP contribution in [0.3, 0.4) is 0 Å². The Bertz CT molecular complexity index is 2410. The zero-order chi connectivity index (χ0) is 28.2. The third-order valence-corrected chi connectivity index (χ3v) is 10.2. The maximum atomic E-state index is 10.00. The molecular weight excluding hydrogens is 549 g/mol. The van der Waals surface area contributed by atoms with E-state index in [9.17, 15) is 10.5 Å². The van der Waals surface area contributed by atoms with Gasteiger partial charge in [-0.05, 0) is 88.5 Å². The standard InChI is InChI=1S/C38H20N2S2/c39-21-25-6-5-7-26(22-40)38(25)29-17-27(23-13-15-36-33(19-23)31-9-2-4-11-35(31)41-36)16-28(18-29)24-12-14-32-30-8-1-3-10-34(30)42-37(32)20-24/h1-20H. The second-order valence-electron chi connectivity index (χ2n) is 10.4. The van der Waals surface area contributed by atoms with E-state index in [-0.39, 0.29) is 0 Å². The monoisotopic (exact) mass is 568 g/mol. The lowest BCUT2D eigenvalue weighted by Gasteiger charge is -2.13. The van der Waals surface area contributed by atoms with Gasteiger partial charge in [0.25, 0.3) is 0 Å². The summed E-state index contributed by atoms with van der Waals surface area (Å²) in [7, 11) is 0. The molecule has 0 aliphatic carbocycles. The van der Waals surface area contributed by atoms with Gasteiger partial charge in [0.1, 0.15) is 0 Å². The molecule has 6 aromatic carbocycles. The van der Waals surface area contributed by atoms with Gasteiger partial charge in [-0.25, -0.2) is 0 Å². The van der Waals surface area contributed by atoms with E-state index in [0.29, 0.717) is 16.7 Å². The highest BCUT2D eigenvalue weighted by Gasteiger charge is 2.16. The molecule has 0 amide bonds. The van der Waals surface area contributed by atoms with Gasteiger partial charge >= 0.3 is 0 Å². The van der Waals surface area contributed by atoms with Crippen molar-refractivity contribution in [2.75, 3.05) is 0 Å². The van der Waals surface area contributed by atoms with Crippen molar-refractivity contribution in [3.8, 4) is 45.5 Å². The van der Waals surface area contributed by atoms with Crippen molar-refractivity contribution >= 4 is 63.0 Å². The van der Waals surface area contributed by atoms with Crippen LogP contribution in [0.5, 0.6) is 0 Å². The molecule has 0 saturated carbocycles. The zero-order valence-electron chi connectivity index (χ0n) is 22.3. The number of benzene rings is 6. The average molecular weight is 569 g/mol. The smallest absolute Gasteiger partial charge is 0.0998 e. The van der Waals surface area contributed by atoms with Crippen molar-refractivity contribution in [3.63, 3.8) is 0 Å². The van der Waals surface area contributed by atoms with Gasteiger partial charge in [0.2, 0.25) is 0 Å². The molecule has 2 heterocycles. The van der Waals surface area contributed by atoms with Gasteiger partial charge in [0, 0.05) is 45.9 Å². The molecule has 0 radical (unpaired) electrons. The van der Waals surface area contributed by atoms with Crippen LogP contribution < -0.4 is 0 Å². The van der Waals surface area contributed by atoms with Gasteiger partial charge in [-0.15, -0.1) is 22.7 Å². The minimum atomic E-state index is 0.497. The first-order valence-electron chi connectivity index (χ1n) is 13.6. The second-order valence-corrected chi connectivity index (χ2v) is 12.5. The first-order valence-corrected chi connectivity index (χ1v) is 15.3. The Morgan fingerprint density at radius 3 is 1.60 bits per heavy atom. The van der Waals surface area contributed by atoms with Gasteiger partial charge in [-0.1, -0.05) is 60.7 Å². The van der Waals surface area contributed by atoms with Crippen molar-refractivity contribution in [2.24, 2.45) is 0 Å². The summed E-state index contributed by atoms with van der Waals surface area (Å²) in [6.07, 6.45) is 0. The number of rotatable bonds is 3. The molecule has 2 aromatic heterocycles. The number of nitrogens with zero attached hydrogens (tertiary/aromatic N) is 2. The van der Waals surface area contributed by atoms with Gasteiger partial charge < -0.3 is 0 Å². The van der Waals surface area contributed by atoms with Gasteiger partial charge in [0.15, 0.2) is 0 Å². The average Bonchev–Trinajstić information content (AvgIpc) is 3.61. The van der Waals surface area contributed by atoms with Gasteiger partial charge in [-0.3, -0.25) is 0 Å². The van der Waals surface area contributed by atoms with Crippen molar-refractivity contribution in [3.05, 3.63) is 132 Å². The van der Waals surface area contributed by atoms with E-state index in [0.717, 1.165) is 27.8 Å². The van der Waals surface area contributed by atoms with E-state index in [2.05, 4.69) is 115 Å². The molecule has 0 bridgehead atoms. The molecule has 0 fully saturated rings. The third-order valence-electron chi connectivity index (χ3n) is 7.95. The summed E-state index contributed by atoms with van der Waals surface area (Å²) >= 11 is 3.61. The van der Waals surface area contributed by atoms with E-state index in [4.69, 9.17) is 0 Å². The van der Waals surface area contributed by atoms with Crippen molar-refractivity contribution in [1.82, 2.24) is 0 Å². The summed E-state index contributed by atoms with van der Waals surface area (Å²) in [5.41, 5.74) is 6.84. The fourth-order valence-corrected chi connectivity index (χ4v) is 8.20. The highest BCUT2D eigenvalue weighted by atomic mass is 32.1. The molecule has 8 aromatic rings. The van der Waals surface area contributed by atoms with E-state index in [1.807, 2.05) is 11.3 Å². The lowest BCUT2D eigenvalue weighted by atomic mass is 9.89. The summed E-state index contributed by atoms with van der Waals surface area (Å²) in [6.45, 7) is 0. The number of hydrogen-bond donors (Lipinski definition) is 0. The molecule has 0 spiro atoms. The Labute approximate surface area is 250 Å². The van der Waals surface area contributed by atoms with E-state index in [1.165, 1.54) is 40.3 Å². The van der Waals surface area contributed by atoms with Crippen LogP contribution in [0, 0.1) is 22.7 Å². The minimum absolute atomic E-state index is 0.497. The van der Waals surface area contributed by atoms with Gasteiger partial charge in [-0.2, -0.15) is 10.5 Å². The van der Waals surface area contributed by atoms with Crippen molar-refractivity contribution in [2.45, 2.75) is 0 Å². The highest BCUT2D eigenvalue weighted by Crippen LogP contribution is 2.41. The Balaban J connectivity index is 1.39. The summed E-state index contributed by atoms with van der Waals surface area (Å²) in [5, 5.41) is 25.0. The predicted octanol–water partition coefficient (Wildman–Crippen LogP) is 11.2. The molecular formula is C38H20N2S2. The van der Waals surface area contributed by atoms with Crippen LogP contribution in [0.25, 0.3) is 73.7 Å². The summed E-state index contributed by atoms with van der Waals surface area (Å²) in [4.78, 5) is 0. The van der Waals surface area contributed by atoms with Crippen LogP contribution in [0.2, 0.25) is 0 Å². The summed E-state index contributed by atoms with van der Waals surface area (Å²) in [5.74, 6) is 0. The molecule has 0 aliphatic heterocycles. The van der Waals surface area contributed by atoms with Crippen molar-refractivity contribution < 1.29 is 0 Å². The van der Waals surface area contributed by atoms with Crippen molar-refractivity contribution in [1.29, 1.82) is 10.5 Å². The normalized spacial score (nSPS) is 11.3. The third kappa shape index (κ3) is 3.90. The quantitative estimate of drug-likeness (QED) is 0.213. The topological polar surface area (TPSA) is 47.6 Å². The number of fused-ring (bicyclic) bond motifs is 6. The minimum Gasteiger partial charge on any atom is -0.192 e. The molecule has 8 rings (SSSR count). The van der Waals surface area contributed by atoms with Crippen LogP contribution >= 0.6 is 22.7 Å². The summed E-state index contributed by atoms with van der Waals surface area (Å²) in [6, 6.07) is 46.8. The summed E-state index contributed by atoms with van der Waals surface area (Å²) < 4.78 is 5.05. The van der Waals surface area contributed by atoms with Gasteiger partial charge in [0.05, 0.1) is 23.3 Å².